The quantitative estimate of drug-likeness (QED) is 0.776. The fourth-order valence-corrected chi connectivity index (χ4v) is 1.35. The first-order valence-electron chi connectivity index (χ1n) is 6.13. The molecule has 1 amide bonds. The van der Waals surface area contributed by atoms with Gasteiger partial charge in [-0.25, -0.2) is 0 Å². The molecule has 0 saturated heterocycles. The zero-order valence-electron chi connectivity index (χ0n) is 10.7. The molecule has 2 heteroatoms. The van der Waals surface area contributed by atoms with E-state index in [2.05, 4.69) is 17.2 Å². The van der Waals surface area contributed by atoms with Crippen molar-refractivity contribution < 1.29 is 4.79 Å². The summed E-state index contributed by atoms with van der Waals surface area (Å²) in [7, 11) is 0. The van der Waals surface area contributed by atoms with Gasteiger partial charge in [0.25, 0.3) is 5.91 Å². The van der Waals surface area contributed by atoms with Gasteiger partial charge in [0.05, 0.1) is 0 Å². The fraction of sp³-hybridized carbons (Fsp3) is 0.400. The SMILES string of the molecule is CC.CC#Cc1ccc(C(=O)NC2CC2)cc1. The molecule has 1 aliphatic carbocycles. The van der Waals surface area contributed by atoms with Crippen LogP contribution in [0.2, 0.25) is 0 Å². The van der Waals surface area contributed by atoms with E-state index in [0.717, 1.165) is 18.4 Å². The van der Waals surface area contributed by atoms with Crippen LogP contribution in [0.15, 0.2) is 24.3 Å². The molecule has 1 saturated carbocycles. The van der Waals surface area contributed by atoms with Crippen LogP contribution in [0, 0.1) is 11.8 Å². The van der Waals surface area contributed by atoms with E-state index in [1.54, 1.807) is 6.92 Å². The number of rotatable bonds is 2. The van der Waals surface area contributed by atoms with Gasteiger partial charge in [-0.1, -0.05) is 19.8 Å². The molecular formula is C15H19NO. The highest BCUT2D eigenvalue weighted by atomic mass is 16.1. The number of carbonyl (C=O) groups excluding carboxylic acids is 1. The van der Waals surface area contributed by atoms with Crippen molar-refractivity contribution in [1.29, 1.82) is 0 Å². The smallest absolute Gasteiger partial charge is 0.251 e. The first-order valence-corrected chi connectivity index (χ1v) is 6.13. The zero-order chi connectivity index (χ0) is 12.7. The molecule has 0 bridgehead atoms. The Labute approximate surface area is 103 Å². The normalized spacial score (nSPS) is 12.6. The lowest BCUT2D eigenvalue weighted by atomic mass is 10.1. The van der Waals surface area contributed by atoms with E-state index in [0.29, 0.717) is 11.6 Å². The van der Waals surface area contributed by atoms with Crippen molar-refractivity contribution in [2.45, 2.75) is 39.7 Å². The van der Waals surface area contributed by atoms with E-state index in [9.17, 15) is 4.79 Å². The Balaban J connectivity index is 0.000000686. The number of hydrogen-bond donors (Lipinski definition) is 1. The van der Waals surface area contributed by atoms with E-state index in [4.69, 9.17) is 0 Å². The third-order valence-corrected chi connectivity index (χ3v) is 2.33. The Kier molecular flexibility index (Phi) is 5.29. The zero-order valence-corrected chi connectivity index (χ0v) is 10.7. The molecule has 0 aromatic heterocycles. The van der Waals surface area contributed by atoms with Crippen LogP contribution < -0.4 is 5.32 Å². The van der Waals surface area contributed by atoms with Gasteiger partial charge >= 0.3 is 0 Å². The summed E-state index contributed by atoms with van der Waals surface area (Å²) in [6.07, 6.45) is 2.23. The summed E-state index contributed by atoms with van der Waals surface area (Å²) in [6.45, 7) is 5.80. The molecule has 1 aliphatic rings. The topological polar surface area (TPSA) is 29.1 Å². The van der Waals surface area contributed by atoms with Crippen molar-refractivity contribution in [1.82, 2.24) is 5.32 Å². The lowest BCUT2D eigenvalue weighted by molar-refractivity contribution is 0.0951. The van der Waals surface area contributed by atoms with E-state index >= 15 is 0 Å². The Morgan fingerprint density at radius 3 is 2.29 bits per heavy atom. The molecule has 0 aliphatic heterocycles. The standard InChI is InChI=1S/C13H13NO.C2H6/c1-2-3-10-4-6-11(7-5-10)13(15)14-12-8-9-12;1-2/h4-7,12H,8-9H2,1H3,(H,14,15);1-2H3. The third kappa shape index (κ3) is 4.32. The molecule has 0 heterocycles. The number of carbonyl (C=O) groups is 1. The molecule has 1 N–H and O–H groups in total. The van der Waals surface area contributed by atoms with Gasteiger partial charge in [0.2, 0.25) is 0 Å². The Morgan fingerprint density at radius 2 is 1.82 bits per heavy atom. The number of benzene rings is 1. The molecule has 0 atom stereocenters. The highest BCUT2D eigenvalue weighted by molar-refractivity contribution is 5.94. The second-order valence-electron chi connectivity index (χ2n) is 3.70. The summed E-state index contributed by atoms with van der Waals surface area (Å²) in [6, 6.07) is 7.79. The van der Waals surface area contributed by atoms with Crippen molar-refractivity contribution in [2.24, 2.45) is 0 Å². The van der Waals surface area contributed by atoms with Crippen LogP contribution in [0.3, 0.4) is 0 Å². The molecule has 0 spiro atoms. The maximum absolute atomic E-state index is 11.6. The van der Waals surface area contributed by atoms with Gasteiger partial charge in [-0.3, -0.25) is 4.79 Å². The van der Waals surface area contributed by atoms with Crippen molar-refractivity contribution in [3.63, 3.8) is 0 Å². The fourth-order valence-electron chi connectivity index (χ4n) is 1.35. The molecule has 2 rings (SSSR count). The Hall–Kier alpha value is -1.75. The summed E-state index contributed by atoms with van der Waals surface area (Å²) in [5.41, 5.74) is 1.66. The molecule has 0 unspecified atom stereocenters. The van der Waals surface area contributed by atoms with E-state index in [1.807, 2.05) is 38.1 Å². The second-order valence-corrected chi connectivity index (χ2v) is 3.70. The van der Waals surface area contributed by atoms with Crippen molar-refractivity contribution in [3.05, 3.63) is 35.4 Å². The minimum Gasteiger partial charge on any atom is -0.349 e. The first-order chi connectivity index (χ1) is 8.29. The number of nitrogens with one attached hydrogen (secondary N) is 1. The van der Waals surface area contributed by atoms with Crippen LogP contribution in [0.5, 0.6) is 0 Å². The van der Waals surface area contributed by atoms with Gasteiger partial charge in [0.1, 0.15) is 0 Å². The maximum atomic E-state index is 11.6. The maximum Gasteiger partial charge on any atom is 0.251 e. The third-order valence-electron chi connectivity index (χ3n) is 2.33. The molecule has 2 nitrogen and oxygen atoms in total. The van der Waals surface area contributed by atoms with Gasteiger partial charge in [-0.15, -0.1) is 5.92 Å². The average molecular weight is 229 g/mol. The molecule has 1 aromatic rings. The van der Waals surface area contributed by atoms with Crippen molar-refractivity contribution in [2.75, 3.05) is 0 Å². The summed E-state index contributed by atoms with van der Waals surface area (Å²) in [5.74, 6) is 5.79. The first kappa shape index (κ1) is 13.3. The largest absolute Gasteiger partial charge is 0.349 e. The summed E-state index contributed by atoms with van der Waals surface area (Å²) < 4.78 is 0. The van der Waals surface area contributed by atoms with Gasteiger partial charge in [0.15, 0.2) is 0 Å². The molecule has 1 aromatic carbocycles. The van der Waals surface area contributed by atoms with E-state index in [-0.39, 0.29) is 5.91 Å². The Bertz CT molecular complexity index is 418. The second kappa shape index (κ2) is 6.75. The molecule has 1 fully saturated rings. The van der Waals surface area contributed by atoms with E-state index < -0.39 is 0 Å². The van der Waals surface area contributed by atoms with E-state index in [1.165, 1.54) is 0 Å². The van der Waals surface area contributed by atoms with Gasteiger partial charge in [0, 0.05) is 17.2 Å². The highest BCUT2D eigenvalue weighted by Gasteiger charge is 2.23. The molecular weight excluding hydrogens is 210 g/mol. The number of hydrogen-bond acceptors (Lipinski definition) is 1. The Morgan fingerprint density at radius 1 is 1.24 bits per heavy atom. The van der Waals surface area contributed by atoms with Crippen LogP contribution in [0.25, 0.3) is 0 Å². The molecule has 90 valence electrons. The van der Waals surface area contributed by atoms with Crippen molar-refractivity contribution >= 4 is 5.91 Å². The monoisotopic (exact) mass is 229 g/mol. The lowest BCUT2D eigenvalue weighted by Gasteiger charge is -2.02. The van der Waals surface area contributed by atoms with Crippen molar-refractivity contribution in [3.8, 4) is 11.8 Å². The van der Waals surface area contributed by atoms with Crippen LogP contribution in [0.4, 0.5) is 0 Å². The predicted molar refractivity (Wildman–Crippen MR) is 70.8 cm³/mol. The summed E-state index contributed by atoms with van der Waals surface area (Å²) >= 11 is 0. The highest BCUT2D eigenvalue weighted by Crippen LogP contribution is 2.19. The molecule has 0 radical (unpaired) electrons. The number of amides is 1. The summed E-state index contributed by atoms with van der Waals surface area (Å²) in [4.78, 5) is 11.6. The van der Waals surface area contributed by atoms with Crippen LogP contribution in [-0.2, 0) is 0 Å². The van der Waals surface area contributed by atoms with Crippen LogP contribution in [-0.4, -0.2) is 11.9 Å². The minimum atomic E-state index is 0.0218. The van der Waals surface area contributed by atoms with Gasteiger partial charge < -0.3 is 5.32 Å². The van der Waals surface area contributed by atoms with Crippen LogP contribution in [0.1, 0.15) is 49.5 Å². The molecule has 17 heavy (non-hydrogen) atoms. The van der Waals surface area contributed by atoms with Gasteiger partial charge in [-0.2, -0.15) is 0 Å². The summed E-state index contributed by atoms with van der Waals surface area (Å²) in [5, 5.41) is 2.95. The minimum absolute atomic E-state index is 0.0218. The van der Waals surface area contributed by atoms with Crippen LogP contribution >= 0.6 is 0 Å². The lowest BCUT2D eigenvalue weighted by Crippen LogP contribution is -2.25. The van der Waals surface area contributed by atoms with Gasteiger partial charge in [-0.05, 0) is 44.0 Å². The average Bonchev–Trinajstić information content (AvgIpc) is 3.17. The predicted octanol–water partition coefficient (Wildman–Crippen LogP) is 2.98.